The zero-order valence-electron chi connectivity index (χ0n) is 24.5. The third-order valence-corrected chi connectivity index (χ3v) is 7.93. The van der Waals surface area contributed by atoms with Gasteiger partial charge in [-0.3, -0.25) is 4.79 Å². The fourth-order valence-electron chi connectivity index (χ4n) is 5.33. The first-order valence-electron chi connectivity index (χ1n) is 14.3. The van der Waals surface area contributed by atoms with E-state index in [1.165, 1.54) is 11.3 Å². The predicted octanol–water partition coefficient (Wildman–Crippen LogP) is 4.13. The number of fused-ring (bicyclic) bond motifs is 1. The molecule has 1 fully saturated rings. The molecule has 3 atom stereocenters. The SMILES string of the molecule is Cc1noc(C)c1NC(=O)N(C)C[C@@H]1Oc2ccc(NC(=O)NC3CCCCC3)cc2C(=O)N([C@@H](C)CO)C[C@H]1C. The fraction of sp³-hybridized carbons (Fsp3) is 0.586. The summed E-state index contributed by atoms with van der Waals surface area (Å²) in [5.41, 5.74) is 1.85. The van der Waals surface area contributed by atoms with E-state index in [2.05, 4.69) is 21.1 Å². The highest BCUT2D eigenvalue weighted by Gasteiger charge is 2.34. The number of urea groups is 2. The number of aryl methyl sites for hydroxylation is 2. The molecule has 2 aliphatic rings. The van der Waals surface area contributed by atoms with Crippen molar-refractivity contribution in [2.24, 2.45) is 5.92 Å². The van der Waals surface area contributed by atoms with Gasteiger partial charge in [0.05, 0.1) is 24.8 Å². The van der Waals surface area contributed by atoms with Crippen LogP contribution in [0.15, 0.2) is 22.7 Å². The Morgan fingerprint density at radius 1 is 1.20 bits per heavy atom. The molecule has 1 aromatic heterocycles. The number of rotatable bonds is 7. The maximum atomic E-state index is 13.7. The van der Waals surface area contributed by atoms with E-state index in [0.717, 1.165) is 25.7 Å². The average Bonchev–Trinajstić information content (AvgIpc) is 3.27. The van der Waals surface area contributed by atoms with E-state index >= 15 is 0 Å². The molecule has 12 heteroatoms. The van der Waals surface area contributed by atoms with Crippen LogP contribution in [0.1, 0.15) is 67.8 Å². The molecule has 0 saturated heterocycles. The molecule has 0 bridgehead atoms. The minimum absolute atomic E-state index is 0.146. The molecule has 1 aliphatic carbocycles. The Hall–Kier alpha value is -3.80. The Morgan fingerprint density at radius 3 is 2.59 bits per heavy atom. The van der Waals surface area contributed by atoms with Crippen LogP contribution in [0.2, 0.25) is 0 Å². The second kappa shape index (κ2) is 13.2. The van der Waals surface area contributed by atoms with Gasteiger partial charge in [0.15, 0.2) is 5.76 Å². The molecule has 12 nitrogen and oxygen atoms in total. The number of anilines is 2. The summed E-state index contributed by atoms with van der Waals surface area (Å²) in [6.45, 7) is 7.54. The number of hydrogen-bond donors (Lipinski definition) is 4. The van der Waals surface area contributed by atoms with Crippen molar-refractivity contribution >= 4 is 29.3 Å². The van der Waals surface area contributed by atoms with Gasteiger partial charge in [-0.15, -0.1) is 0 Å². The van der Waals surface area contributed by atoms with Crippen molar-refractivity contribution in [3.8, 4) is 5.75 Å². The van der Waals surface area contributed by atoms with Gasteiger partial charge in [-0.25, -0.2) is 9.59 Å². The van der Waals surface area contributed by atoms with Crippen molar-refractivity contribution in [1.82, 2.24) is 20.3 Å². The number of benzene rings is 1. The van der Waals surface area contributed by atoms with Gasteiger partial charge in [-0.2, -0.15) is 0 Å². The molecular weight excluding hydrogens is 528 g/mol. The lowest BCUT2D eigenvalue weighted by Gasteiger charge is -2.38. The van der Waals surface area contributed by atoms with Gasteiger partial charge in [-0.05, 0) is 51.8 Å². The lowest BCUT2D eigenvalue weighted by Crippen LogP contribution is -2.50. The molecule has 1 aliphatic heterocycles. The molecular formula is C29H42N6O6. The van der Waals surface area contributed by atoms with E-state index in [1.54, 1.807) is 50.9 Å². The number of aliphatic hydroxyl groups excluding tert-OH is 1. The van der Waals surface area contributed by atoms with Crippen molar-refractivity contribution < 1.29 is 28.8 Å². The maximum Gasteiger partial charge on any atom is 0.321 e. The highest BCUT2D eigenvalue weighted by Crippen LogP contribution is 2.31. The van der Waals surface area contributed by atoms with Crippen LogP contribution in [0.25, 0.3) is 0 Å². The fourth-order valence-corrected chi connectivity index (χ4v) is 5.33. The molecule has 41 heavy (non-hydrogen) atoms. The summed E-state index contributed by atoms with van der Waals surface area (Å²) in [6, 6.07) is 4.02. The molecule has 1 aromatic carbocycles. The maximum absolute atomic E-state index is 13.7. The van der Waals surface area contributed by atoms with E-state index in [1.807, 2.05) is 6.92 Å². The summed E-state index contributed by atoms with van der Waals surface area (Å²) in [5, 5.41) is 22.5. The zero-order valence-corrected chi connectivity index (χ0v) is 24.5. The van der Waals surface area contributed by atoms with Crippen molar-refractivity contribution in [2.75, 3.05) is 37.4 Å². The van der Waals surface area contributed by atoms with Gasteiger partial charge in [0, 0.05) is 31.2 Å². The standard InChI is InChI=1S/C29H42N6O6/c1-17-14-35(18(2)16-36)27(37)23-13-22(31-28(38)30-21-9-7-6-8-10-21)11-12-24(23)40-25(17)15-34(5)29(39)32-26-19(3)33-41-20(26)4/h11-13,17-18,21,25,36H,6-10,14-16H2,1-5H3,(H,32,39)(H2,30,31,38)/t17-,18+,25+/m1/s1. The number of nitrogens with zero attached hydrogens (tertiary/aromatic N) is 3. The Labute approximate surface area is 240 Å². The van der Waals surface area contributed by atoms with Crippen LogP contribution in [-0.2, 0) is 0 Å². The van der Waals surface area contributed by atoms with Crippen molar-refractivity contribution in [3.05, 3.63) is 35.2 Å². The monoisotopic (exact) mass is 570 g/mol. The van der Waals surface area contributed by atoms with Gasteiger partial charge >= 0.3 is 12.1 Å². The van der Waals surface area contributed by atoms with Crippen molar-refractivity contribution in [3.63, 3.8) is 0 Å². The normalized spacial score (nSPS) is 20.2. The number of likely N-dealkylation sites (N-methyl/N-ethyl adjacent to an activating group) is 1. The Bertz CT molecular complexity index is 1220. The van der Waals surface area contributed by atoms with E-state index in [0.29, 0.717) is 35.1 Å². The first-order valence-corrected chi connectivity index (χ1v) is 14.3. The van der Waals surface area contributed by atoms with Crippen LogP contribution < -0.4 is 20.7 Å². The highest BCUT2D eigenvalue weighted by atomic mass is 16.5. The Balaban J connectivity index is 1.53. The molecule has 0 spiro atoms. The van der Waals surface area contributed by atoms with Crippen LogP contribution >= 0.6 is 0 Å². The third-order valence-electron chi connectivity index (χ3n) is 7.93. The lowest BCUT2D eigenvalue weighted by atomic mass is 9.96. The summed E-state index contributed by atoms with van der Waals surface area (Å²) >= 11 is 0. The summed E-state index contributed by atoms with van der Waals surface area (Å²) in [7, 11) is 1.67. The number of nitrogens with one attached hydrogen (secondary N) is 3. The number of carbonyl (C=O) groups excluding carboxylic acids is 3. The second-order valence-electron chi connectivity index (χ2n) is 11.3. The van der Waals surface area contributed by atoms with Gasteiger partial charge in [-0.1, -0.05) is 31.3 Å². The summed E-state index contributed by atoms with van der Waals surface area (Å²) in [6.07, 6.45) is 4.85. The molecule has 4 N–H and O–H groups in total. The molecule has 0 radical (unpaired) electrons. The summed E-state index contributed by atoms with van der Waals surface area (Å²) in [4.78, 5) is 42.5. The van der Waals surface area contributed by atoms with Crippen LogP contribution in [0.5, 0.6) is 5.75 Å². The molecule has 5 amide bonds. The van der Waals surface area contributed by atoms with Crippen LogP contribution in [0, 0.1) is 19.8 Å². The average molecular weight is 571 g/mol. The Kier molecular flexibility index (Phi) is 9.74. The third kappa shape index (κ3) is 7.29. The highest BCUT2D eigenvalue weighted by molar-refractivity contribution is 5.99. The summed E-state index contributed by atoms with van der Waals surface area (Å²) in [5.74, 6) is 0.388. The second-order valence-corrected chi connectivity index (χ2v) is 11.3. The van der Waals surface area contributed by atoms with E-state index in [4.69, 9.17) is 9.26 Å². The Morgan fingerprint density at radius 2 is 1.93 bits per heavy atom. The van der Waals surface area contributed by atoms with E-state index in [-0.39, 0.29) is 48.6 Å². The number of aromatic nitrogens is 1. The number of aliphatic hydroxyl groups is 1. The number of ether oxygens (including phenoxy) is 1. The van der Waals surface area contributed by atoms with Crippen LogP contribution in [0.4, 0.5) is 21.0 Å². The number of carbonyl (C=O) groups is 3. The predicted molar refractivity (Wildman–Crippen MR) is 154 cm³/mol. The topological polar surface area (TPSA) is 149 Å². The summed E-state index contributed by atoms with van der Waals surface area (Å²) < 4.78 is 11.5. The van der Waals surface area contributed by atoms with Gasteiger partial charge < -0.3 is 40.1 Å². The zero-order chi connectivity index (χ0) is 29.7. The minimum atomic E-state index is -0.468. The molecule has 2 heterocycles. The van der Waals surface area contributed by atoms with Gasteiger partial charge in [0.1, 0.15) is 23.2 Å². The molecule has 2 aromatic rings. The molecule has 0 unspecified atom stereocenters. The van der Waals surface area contributed by atoms with E-state index in [9.17, 15) is 19.5 Å². The number of amides is 5. The molecule has 4 rings (SSSR count). The number of hydrogen-bond acceptors (Lipinski definition) is 7. The minimum Gasteiger partial charge on any atom is -0.487 e. The van der Waals surface area contributed by atoms with Crippen LogP contribution in [-0.4, -0.2) is 83.0 Å². The van der Waals surface area contributed by atoms with Crippen LogP contribution in [0.3, 0.4) is 0 Å². The quantitative estimate of drug-likeness (QED) is 0.391. The molecule has 224 valence electrons. The van der Waals surface area contributed by atoms with E-state index < -0.39 is 12.1 Å². The first-order chi connectivity index (χ1) is 19.6. The largest absolute Gasteiger partial charge is 0.487 e. The molecule has 1 saturated carbocycles. The first kappa shape index (κ1) is 30.2. The van der Waals surface area contributed by atoms with Gasteiger partial charge in [0.25, 0.3) is 5.91 Å². The smallest absolute Gasteiger partial charge is 0.321 e. The lowest BCUT2D eigenvalue weighted by molar-refractivity contribution is 0.0371. The van der Waals surface area contributed by atoms with Gasteiger partial charge in [0.2, 0.25) is 0 Å². The van der Waals surface area contributed by atoms with Crippen molar-refractivity contribution in [2.45, 2.75) is 78.0 Å². The van der Waals surface area contributed by atoms with Crippen molar-refractivity contribution in [1.29, 1.82) is 0 Å².